The Morgan fingerprint density at radius 1 is 1.36 bits per heavy atom. The van der Waals surface area contributed by atoms with Gasteiger partial charge in [-0.25, -0.2) is 4.98 Å². The van der Waals surface area contributed by atoms with E-state index in [0.29, 0.717) is 11.1 Å². The highest BCUT2D eigenvalue weighted by Crippen LogP contribution is 2.45. The largest absolute Gasteiger partial charge is 0.379 e. The van der Waals surface area contributed by atoms with Crippen molar-refractivity contribution in [1.29, 1.82) is 0 Å². The van der Waals surface area contributed by atoms with E-state index in [1.54, 1.807) is 22.7 Å². The normalized spacial score (nSPS) is 20.3. The molecule has 0 fully saturated rings. The van der Waals surface area contributed by atoms with Gasteiger partial charge in [0.25, 0.3) is 0 Å². The van der Waals surface area contributed by atoms with Crippen LogP contribution in [-0.2, 0) is 6.54 Å². The number of nitrogens with one attached hydrogen (secondary N) is 1. The van der Waals surface area contributed by atoms with Crippen molar-refractivity contribution in [3.05, 3.63) is 55.1 Å². The molecule has 0 aromatic carbocycles. The first-order chi connectivity index (χ1) is 12.1. The number of hydrogen-bond donors (Lipinski definition) is 2. The SMILES string of the molecule is NC1CC=CC[C@H]1c1sc2c(NCc3cccs3)cc(Cl)nc2c1Br. The van der Waals surface area contributed by atoms with Gasteiger partial charge in [0.05, 0.1) is 20.4 Å². The summed E-state index contributed by atoms with van der Waals surface area (Å²) in [6.45, 7) is 0.781. The Balaban J connectivity index is 1.73. The molecule has 7 heteroatoms. The summed E-state index contributed by atoms with van der Waals surface area (Å²) < 4.78 is 2.16. The number of hydrogen-bond acceptors (Lipinski definition) is 5. The van der Waals surface area contributed by atoms with Crippen LogP contribution in [0.1, 0.15) is 28.5 Å². The van der Waals surface area contributed by atoms with E-state index < -0.39 is 0 Å². The molecule has 130 valence electrons. The second kappa shape index (κ2) is 7.37. The zero-order valence-electron chi connectivity index (χ0n) is 13.3. The number of anilines is 1. The Bertz CT molecular complexity index is 920. The standard InChI is InChI=1S/C18H17BrClN3S2/c19-15-16-18(25-17(15)11-5-1-2-6-12(11)21)13(8-14(20)23-16)22-9-10-4-3-7-24-10/h1-4,7-8,11-12H,5-6,9,21H2,(H,22,23)/t11-,12?/m1/s1. The lowest BCUT2D eigenvalue weighted by molar-refractivity contribution is 0.527. The molecule has 0 aliphatic heterocycles. The van der Waals surface area contributed by atoms with Crippen LogP contribution in [0.4, 0.5) is 5.69 Å². The summed E-state index contributed by atoms with van der Waals surface area (Å²) in [7, 11) is 0. The number of thiophene rings is 2. The summed E-state index contributed by atoms with van der Waals surface area (Å²) in [4.78, 5) is 7.11. The lowest BCUT2D eigenvalue weighted by Gasteiger charge is -2.24. The zero-order valence-corrected chi connectivity index (χ0v) is 17.3. The maximum atomic E-state index is 6.37. The number of halogens is 2. The molecule has 0 radical (unpaired) electrons. The van der Waals surface area contributed by atoms with Crippen molar-refractivity contribution in [2.24, 2.45) is 5.73 Å². The van der Waals surface area contributed by atoms with Gasteiger partial charge in [0.2, 0.25) is 0 Å². The summed E-state index contributed by atoms with van der Waals surface area (Å²) in [6.07, 6.45) is 6.29. The van der Waals surface area contributed by atoms with E-state index in [1.807, 2.05) is 6.07 Å². The second-order valence-corrected chi connectivity index (χ2v) is 9.36. The number of allylic oxidation sites excluding steroid dienone is 1. The van der Waals surface area contributed by atoms with Crippen LogP contribution in [0.2, 0.25) is 5.15 Å². The van der Waals surface area contributed by atoms with Gasteiger partial charge in [0.1, 0.15) is 5.15 Å². The van der Waals surface area contributed by atoms with Crippen molar-refractivity contribution in [2.45, 2.75) is 31.3 Å². The molecular formula is C18H17BrClN3S2. The molecule has 0 spiro atoms. The van der Waals surface area contributed by atoms with E-state index in [4.69, 9.17) is 17.3 Å². The summed E-state index contributed by atoms with van der Waals surface area (Å²) in [5.41, 5.74) is 8.31. The fourth-order valence-electron chi connectivity index (χ4n) is 3.13. The maximum absolute atomic E-state index is 6.37. The van der Waals surface area contributed by atoms with Gasteiger partial charge in [0, 0.05) is 34.3 Å². The average Bonchev–Trinajstić information content (AvgIpc) is 3.22. The number of nitrogens with zero attached hydrogens (tertiary/aromatic N) is 1. The number of nitrogens with two attached hydrogens (primary N) is 1. The number of fused-ring (bicyclic) bond motifs is 1. The molecular weight excluding hydrogens is 438 g/mol. The van der Waals surface area contributed by atoms with E-state index in [0.717, 1.165) is 39.8 Å². The van der Waals surface area contributed by atoms with Gasteiger partial charge in [-0.3, -0.25) is 0 Å². The van der Waals surface area contributed by atoms with Crippen LogP contribution in [0.25, 0.3) is 10.2 Å². The maximum Gasteiger partial charge on any atom is 0.131 e. The topological polar surface area (TPSA) is 50.9 Å². The molecule has 0 bridgehead atoms. The first kappa shape index (κ1) is 17.5. The smallest absolute Gasteiger partial charge is 0.131 e. The molecule has 1 unspecified atom stereocenters. The summed E-state index contributed by atoms with van der Waals surface area (Å²) >= 11 is 13.5. The number of rotatable bonds is 4. The summed E-state index contributed by atoms with van der Waals surface area (Å²) in [5, 5.41) is 6.10. The molecule has 4 rings (SSSR count). The average molecular weight is 455 g/mol. The quantitative estimate of drug-likeness (QED) is 0.367. The zero-order chi connectivity index (χ0) is 17.4. The van der Waals surface area contributed by atoms with Crippen molar-refractivity contribution in [2.75, 3.05) is 5.32 Å². The van der Waals surface area contributed by atoms with Crippen molar-refractivity contribution in [3.63, 3.8) is 0 Å². The van der Waals surface area contributed by atoms with Gasteiger partial charge in [0.15, 0.2) is 0 Å². The highest BCUT2D eigenvalue weighted by atomic mass is 79.9. The lowest BCUT2D eigenvalue weighted by atomic mass is 9.88. The Kier molecular flexibility index (Phi) is 5.15. The van der Waals surface area contributed by atoms with Gasteiger partial charge >= 0.3 is 0 Å². The minimum atomic E-state index is 0.146. The molecule has 3 nitrogen and oxygen atoms in total. The van der Waals surface area contributed by atoms with Crippen LogP contribution in [0.15, 0.2) is 40.2 Å². The van der Waals surface area contributed by atoms with Crippen molar-refractivity contribution >= 4 is 66.1 Å². The molecule has 25 heavy (non-hydrogen) atoms. The Hall–Kier alpha value is -0.920. The molecule has 3 aromatic heterocycles. The van der Waals surface area contributed by atoms with Crippen LogP contribution in [-0.4, -0.2) is 11.0 Å². The summed E-state index contributed by atoms with van der Waals surface area (Å²) in [5.74, 6) is 0.322. The third-order valence-corrected chi connectivity index (χ3v) is 7.91. The van der Waals surface area contributed by atoms with Gasteiger partial charge in [-0.05, 0) is 40.2 Å². The molecule has 2 atom stereocenters. The van der Waals surface area contributed by atoms with Gasteiger partial charge in [-0.15, -0.1) is 22.7 Å². The molecule has 1 aliphatic carbocycles. The van der Waals surface area contributed by atoms with Crippen LogP contribution in [0, 0.1) is 0 Å². The minimum absolute atomic E-state index is 0.146. The first-order valence-corrected chi connectivity index (χ1v) is 11.0. The molecule has 3 aromatic rings. The van der Waals surface area contributed by atoms with Crippen LogP contribution < -0.4 is 11.1 Å². The second-order valence-electron chi connectivity index (χ2n) is 6.10. The molecule has 3 N–H and O–H groups in total. The predicted molar refractivity (Wildman–Crippen MR) is 113 cm³/mol. The van der Waals surface area contributed by atoms with E-state index >= 15 is 0 Å². The van der Waals surface area contributed by atoms with Crippen LogP contribution in [0.5, 0.6) is 0 Å². The predicted octanol–water partition coefficient (Wildman–Crippen LogP) is 6.15. The van der Waals surface area contributed by atoms with E-state index in [-0.39, 0.29) is 6.04 Å². The highest BCUT2D eigenvalue weighted by Gasteiger charge is 2.27. The fourth-order valence-corrected chi connectivity index (χ4v) is 6.23. The Morgan fingerprint density at radius 2 is 2.20 bits per heavy atom. The molecule has 0 saturated carbocycles. The number of pyridine rings is 1. The van der Waals surface area contributed by atoms with Crippen molar-refractivity contribution in [1.82, 2.24) is 4.98 Å². The highest BCUT2D eigenvalue weighted by molar-refractivity contribution is 9.10. The Morgan fingerprint density at radius 3 is 2.96 bits per heavy atom. The first-order valence-electron chi connectivity index (χ1n) is 8.08. The van der Waals surface area contributed by atoms with Crippen molar-refractivity contribution < 1.29 is 0 Å². The van der Waals surface area contributed by atoms with Crippen LogP contribution in [0.3, 0.4) is 0 Å². The molecule has 0 amide bonds. The minimum Gasteiger partial charge on any atom is -0.379 e. The fraction of sp³-hybridized carbons (Fsp3) is 0.278. The molecule has 0 saturated heterocycles. The van der Waals surface area contributed by atoms with Crippen molar-refractivity contribution in [3.8, 4) is 0 Å². The van der Waals surface area contributed by atoms with Gasteiger partial charge in [-0.2, -0.15) is 0 Å². The van der Waals surface area contributed by atoms with E-state index in [9.17, 15) is 0 Å². The Labute approximate surface area is 168 Å². The third kappa shape index (κ3) is 3.51. The van der Waals surface area contributed by atoms with Gasteiger partial charge < -0.3 is 11.1 Å². The van der Waals surface area contributed by atoms with Gasteiger partial charge in [-0.1, -0.05) is 29.8 Å². The molecule has 3 heterocycles. The van der Waals surface area contributed by atoms with E-state index in [1.165, 1.54) is 9.75 Å². The van der Waals surface area contributed by atoms with E-state index in [2.05, 4.69) is 55.9 Å². The monoisotopic (exact) mass is 453 g/mol. The lowest BCUT2D eigenvalue weighted by Crippen LogP contribution is -2.29. The van der Waals surface area contributed by atoms with Crippen LogP contribution >= 0.6 is 50.2 Å². The third-order valence-electron chi connectivity index (χ3n) is 4.43. The molecule has 1 aliphatic rings. The number of aromatic nitrogens is 1. The summed E-state index contributed by atoms with van der Waals surface area (Å²) in [6, 6.07) is 6.24.